The first-order chi connectivity index (χ1) is 10.9. The minimum atomic E-state index is 0.222. The smallest absolute Gasteiger partial charge is 0.0655 e. The Morgan fingerprint density at radius 3 is 2.18 bits per heavy atom. The van der Waals surface area contributed by atoms with Gasteiger partial charge in [0.25, 0.3) is 0 Å². The van der Waals surface area contributed by atoms with Crippen LogP contribution in [-0.4, -0.2) is 6.54 Å². The topological polar surface area (TPSA) is 59.9 Å². The molecule has 0 bridgehead atoms. The summed E-state index contributed by atoms with van der Waals surface area (Å²) in [7, 11) is 0. The Labute approximate surface area is 136 Å². The third kappa shape index (κ3) is 11.4. The van der Waals surface area contributed by atoms with E-state index in [1.165, 1.54) is 57.8 Å². The molecule has 1 aliphatic rings. The van der Waals surface area contributed by atoms with Crippen LogP contribution in [0.25, 0.3) is 0 Å². The molecule has 0 aromatic rings. The highest BCUT2D eigenvalue weighted by Gasteiger charge is 2.06. The summed E-state index contributed by atoms with van der Waals surface area (Å²) >= 11 is 0. The highest BCUT2D eigenvalue weighted by molar-refractivity contribution is 4.95. The Hall–Kier alpha value is -1.23. The molecule has 0 spiro atoms. The predicted molar refractivity (Wildman–Crippen MR) is 91.2 cm³/mol. The predicted octanol–water partition coefficient (Wildman–Crippen LogP) is 3.77. The van der Waals surface area contributed by atoms with Crippen LogP contribution in [0.1, 0.15) is 83.5 Å². The highest BCUT2D eigenvalue weighted by Crippen LogP contribution is 2.16. The minimum absolute atomic E-state index is 0.222. The molecule has 1 atom stereocenters. The molecule has 124 valence electrons. The van der Waals surface area contributed by atoms with Crippen molar-refractivity contribution in [2.75, 3.05) is 6.54 Å². The Balaban J connectivity index is 2.22. The molecule has 4 heteroatoms. The molecule has 0 saturated carbocycles. The third-order valence-corrected chi connectivity index (χ3v) is 4.19. The SMILES string of the molecule is N#CC1CCCCCCCCCCCC#CNNNCCC1. The first-order valence-electron chi connectivity index (χ1n) is 9.04. The van der Waals surface area contributed by atoms with Crippen molar-refractivity contribution in [3.05, 3.63) is 0 Å². The molecular weight excluding hydrogens is 272 g/mol. The zero-order valence-electron chi connectivity index (χ0n) is 13.9. The number of nitrogens with one attached hydrogen (secondary N) is 3. The van der Waals surface area contributed by atoms with E-state index in [0.29, 0.717) is 0 Å². The number of hydrogen-bond acceptors (Lipinski definition) is 4. The lowest BCUT2D eigenvalue weighted by Crippen LogP contribution is -2.41. The van der Waals surface area contributed by atoms with Gasteiger partial charge < -0.3 is 0 Å². The van der Waals surface area contributed by atoms with Gasteiger partial charge in [0.15, 0.2) is 0 Å². The summed E-state index contributed by atoms with van der Waals surface area (Å²) in [5, 5.41) is 9.19. The Morgan fingerprint density at radius 2 is 1.45 bits per heavy atom. The van der Waals surface area contributed by atoms with Crippen molar-refractivity contribution in [1.29, 1.82) is 5.26 Å². The van der Waals surface area contributed by atoms with E-state index in [9.17, 15) is 5.26 Å². The van der Waals surface area contributed by atoms with E-state index in [-0.39, 0.29) is 5.92 Å². The molecule has 4 nitrogen and oxygen atoms in total. The molecule has 0 aromatic carbocycles. The van der Waals surface area contributed by atoms with Gasteiger partial charge in [-0.2, -0.15) is 10.8 Å². The largest absolute Gasteiger partial charge is 0.267 e. The monoisotopic (exact) mass is 304 g/mol. The van der Waals surface area contributed by atoms with Gasteiger partial charge in [0.2, 0.25) is 0 Å². The van der Waals surface area contributed by atoms with Crippen LogP contribution < -0.4 is 16.4 Å². The summed E-state index contributed by atoms with van der Waals surface area (Å²) in [6, 6.07) is 5.36. The normalized spacial score (nSPS) is 24.0. The summed E-state index contributed by atoms with van der Waals surface area (Å²) in [5.41, 5.74) is 8.81. The van der Waals surface area contributed by atoms with Crippen molar-refractivity contribution in [1.82, 2.24) is 16.4 Å². The Kier molecular flexibility index (Phi) is 12.6. The molecule has 0 amide bonds. The molecule has 0 fully saturated rings. The van der Waals surface area contributed by atoms with Gasteiger partial charge in [-0.25, -0.2) is 5.43 Å². The summed E-state index contributed by atoms with van der Waals surface area (Å²) in [4.78, 5) is 0. The van der Waals surface area contributed by atoms with E-state index in [0.717, 1.165) is 32.2 Å². The van der Waals surface area contributed by atoms with Crippen molar-refractivity contribution in [2.45, 2.75) is 83.5 Å². The Bertz CT molecular complexity index is 350. The van der Waals surface area contributed by atoms with E-state index in [4.69, 9.17) is 0 Å². The second-order valence-corrected chi connectivity index (χ2v) is 6.17. The lowest BCUT2D eigenvalue weighted by molar-refractivity contribution is 0.443. The molecule has 1 aliphatic heterocycles. The number of hydrazine groups is 2. The maximum Gasteiger partial charge on any atom is 0.0655 e. The molecule has 3 N–H and O–H groups in total. The van der Waals surface area contributed by atoms with Crippen LogP contribution >= 0.6 is 0 Å². The zero-order valence-corrected chi connectivity index (χ0v) is 13.9. The lowest BCUT2D eigenvalue weighted by Gasteiger charge is -2.10. The van der Waals surface area contributed by atoms with Crippen LogP contribution in [0.2, 0.25) is 0 Å². The van der Waals surface area contributed by atoms with Crippen molar-refractivity contribution in [3.8, 4) is 18.0 Å². The second-order valence-electron chi connectivity index (χ2n) is 6.17. The number of nitrogens with zero attached hydrogens (tertiary/aromatic N) is 1. The number of nitriles is 1. The first kappa shape index (κ1) is 18.8. The highest BCUT2D eigenvalue weighted by atomic mass is 15.6. The summed E-state index contributed by atoms with van der Waals surface area (Å²) in [6.45, 7) is 0.854. The summed E-state index contributed by atoms with van der Waals surface area (Å²) in [5.74, 6) is 3.34. The van der Waals surface area contributed by atoms with E-state index in [2.05, 4.69) is 34.4 Å². The van der Waals surface area contributed by atoms with Crippen LogP contribution in [0.4, 0.5) is 0 Å². The fraction of sp³-hybridized carbons (Fsp3) is 0.833. The first-order valence-corrected chi connectivity index (χ1v) is 9.04. The molecule has 0 aliphatic carbocycles. The standard InChI is InChI=1S/C18H32N4/c19-17-18-13-10-8-6-4-2-1-3-5-7-9-11-15-20-22-21-16-12-14-18/h18,20-22H,1-10,12-14,16H2. The fourth-order valence-electron chi connectivity index (χ4n) is 2.80. The average Bonchev–Trinajstić information content (AvgIpc) is 2.54. The molecule has 1 rings (SSSR count). The molecule has 1 heterocycles. The number of rotatable bonds is 0. The van der Waals surface area contributed by atoms with E-state index < -0.39 is 0 Å². The molecule has 0 aromatic heterocycles. The van der Waals surface area contributed by atoms with Crippen molar-refractivity contribution in [2.24, 2.45) is 5.92 Å². The van der Waals surface area contributed by atoms with E-state index >= 15 is 0 Å². The van der Waals surface area contributed by atoms with Crippen LogP contribution in [-0.2, 0) is 0 Å². The molecule has 0 saturated heterocycles. The van der Waals surface area contributed by atoms with Gasteiger partial charge in [-0.05, 0) is 25.7 Å². The quantitative estimate of drug-likeness (QED) is 0.596. The van der Waals surface area contributed by atoms with Crippen LogP contribution in [0.5, 0.6) is 0 Å². The minimum Gasteiger partial charge on any atom is -0.267 e. The van der Waals surface area contributed by atoms with Gasteiger partial charge >= 0.3 is 0 Å². The van der Waals surface area contributed by atoms with Crippen molar-refractivity contribution in [3.63, 3.8) is 0 Å². The van der Waals surface area contributed by atoms with Crippen LogP contribution in [0, 0.1) is 29.2 Å². The molecule has 1 unspecified atom stereocenters. The average molecular weight is 304 g/mol. The molecule has 22 heavy (non-hydrogen) atoms. The Morgan fingerprint density at radius 1 is 0.818 bits per heavy atom. The fourth-order valence-corrected chi connectivity index (χ4v) is 2.80. The van der Waals surface area contributed by atoms with Crippen molar-refractivity contribution >= 4 is 0 Å². The zero-order chi connectivity index (χ0) is 15.7. The maximum atomic E-state index is 9.19. The van der Waals surface area contributed by atoms with Gasteiger partial charge in [-0.1, -0.05) is 57.3 Å². The van der Waals surface area contributed by atoms with Gasteiger partial charge in [0, 0.05) is 24.9 Å². The van der Waals surface area contributed by atoms with Crippen molar-refractivity contribution < 1.29 is 0 Å². The van der Waals surface area contributed by atoms with E-state index in [1.54, 1.807) is 0 Å². The van der Waals surface area contributed by atoms with Gasteiger partial charge in [0.05, 0.1) is 6.07 Å². The van der Waals surface area contributed by atoms with Crippen LogP contribution in [0.15, 0.2) is 0 Å². The lowest BCUT2D eigenvalue weighted by atomic mass is 9.97. The second kappa shape index (κ2) is 14.7. The molecular formula is C18H32N4. The van der Waals surface area contributed by atoms with E-state index in [1.807, 2.05) is 0 Å². The number of hydrogen-bond donors (Lipinski definition) is 3. The molecule has 0 radical (unpaired) electrons. The summed E-state index contributed by atoms with van der Waals surface area (Å²) < 4.78 is 0. The van der Waals surface area contributed by atoms with Crippen LogP contribution in [0.3, 0.4) is 0 Å². The van der Waals surface area contributed by atoms with Gasteiger partial charge in [-0.3, -0.25) is 5.43 Å². The van der Waals surface area contributed by atoms with Gasteiger partial charge in [0.1, 0.15) is 0 Å². The maximum absolute atomic E-state index is 9.19. The summed E-state index contributed by atoms with van der Waals surface area (Å²) in [6.07, 6.45) is 15.8. The van der Waals surface area contributed by atoms with Gasteiger partial charge in [-0.15, -0.1) is 0 Å². The third-order valence-electron chi connectivity index (χ3n) is 4.19.